The minimum absolute atomic E-state index is 0.0156. The second-order valence-corrected chi connectivity index (χ2v) is 4.07. The maximum atomic E-state index is 13.7. The molecule has 1 N–H and O–H groups in total. The summed E-state index contributed by atoms with van der Waals surface area (Å²) < 4.78 is 28.2. The van der Waals surface area contributed by atoms with Gasteiger partial charge in [0.1, 0.15) is 0 Å². The van der Waals surface area contributed by atoms with Crippen molar-refractivity contribution in [3.63, 3.8) is 0 Å². The summed E-state index contributed by atoms with van der Waals surface area (Å²) in [5, 5.41) is 7.11. The van der Waals surface area contributed by atoms with Gasteiger partial charge in [-0.25, -0.2) is 18.4 Å². The van der Waals surface area contributed by atoms with Crippen LogP contribution in [0.4, 0.5) is 14.6 Å². The Hall–Kier alpha value is -1.69. The quantitative estimate of drug-likeness (QED) is 0.934. The molecule has 0 amide bonds. The average molecular weight is 273 g/mol. The first kappa shape index (κ1) is 12.8. The van der Waals surface area contributed by atoms with E-state index in [0.717, 1.165) is 6.07 Å². The fourth-order valence-electron chi connectivity index (χ4n) is 1.46. The zero-order chi connectivity index (χ0) is 13.3. The summed E-state index contributed by atoms with van der Waals surface area (Å²) >= 11 is 5.84. The van der Waals surface area contributed by atoms with Gasteiger partial charge in [0.25, 0.3) is 0 Å². The van der Waals surface area contributed by atoms with Gasteiger partial charge in [-0.3, -0.25) is 0 Å². The second kappa shape index (κ2) is 4.89. The van der Waals surface area contributed by atoms with E-state index >= 15 is 0 Å². The van der Waals surface area contributed by atoms with E-state index in [0.29, 0.717) is 17.3 Å². The summed E-state index contributed by atoms with van der Waals surface area (Å²) in [5.74, 6) is -1.65. The molecular weight excluding hydrogens is 262 g/mol. The van der Waals surface area contributed by atoms with Crippen molar-refractivity contribution in [2.45, 2.75) is 13.8 Å². The van der Waals surface area contributed by atoms with Gasteiger partial charge in [-0.1, -0.05) is 11.6 Å². The van der Waals surface area contributed by atoms with Gasteiger partial charge in [0.2, 0.25) is 0 Å². The fourth-order valence-corrected chi connectivity index (χ4v) is 1.59. The summed E-state index contributed by atoms with van der Waals surface area (Å²) in [5.41, 5.74) is 0.548. The van der Waals surface area contributed by atoms with Crippen molar-refractivity contribution in [1.82, 2.24) is 14.8 Å². The fraction of sp³-hybridized carbons (Fsp3) is 0.273. The molecule has 4 nitrogen and oxygen atoms in total. The molecule has 0 aliphatic rings. The molecule has 7 heteroatoms. The molecule has 2 rings (SSSR count). The summed E-state index contributed by atoms with van der Waals surface area (Å²) in [7, 11) is 0. The highest BCUT2D eigenvalue weighted by atomic mass is 35.5. The molecule has 0 spiro atoms. The monoisotopic (exact) mass is 272 g/mol. The maximum Gasteiger partial charge on any atom is 0.191 e. The summed E-state index contributed by atoms with van der Waals surface area (Å²) in [6.45, 7) is 3.96. The number of nitrogens with one attached hydrogen (secondary N) is 1. The number of halogens is 3. The largest absolute Gasteiger partial charge is 0.368 e. The molecule has 0 aliphatic heterocycles. The van der Waals surface area contributed by atoms with E-state index in [1.807, 2.05) is 0 Å². The van der Waals surface area contributed by atoms with Crippen molar-refractivity contribution in [2.24, 2.45) is 0 Å². The van der Waals surface area contributed by atoms with Crippen LogP contribution in [0.3, 0.4) is 0 Å². The van der Waals surface area contributed by atoms with Crippen LogP contribution in [0, 0.1) is 18.6 Å². The van der Waals surface area contributed by atoms with Gasteiger partial charge in [-0.05, 0) is 13.8 Å². The van der Waals surface area contributed by atoms with E-state index in [1.54, 1.807) is 13.8 Å². The number of nitrogens with zero attached hydrogens (tertiary/aromatic N) is 3. The minimum Gasteiger partial charge on any atom is -0.368 e. The number of anilines is 1. The molecule has 18 heavy (non-hydrogen) atoms. The molecule has 0 aromatic carbocycles. The first-order chi connectivity index (χ1) is 8.52. The number of rotatable bonds is 3. The summed E-state index contributed by atoms with van der Waals surface area (Å²) in [6, 6.07) is 0.769. The zero-order valence-electron chi connectivity index (χ0n) is 9.84. The maximum absolute atomic E-state index is 13.7. The molecule has 0 aliphatic carbocycles. The van der Waals surface area contributed by atoms with E-state index in [4.69, 9.17) is 11.6 Å². The SMILES string of the molecule is CCNc1nc(-n2cc(Cl)c(C)n2)c(F)cc1F. The molecule has 0 saturated carbocycles. The predicted octanol–water partition coefficient (Wildman–Crippen LogP) is 2.94. The van der Waals surface area contributed by atoms with Crippen LogP contribution < -0.4 is 5.32 Å². The van der Waals surface area contributed by atoms with Crippen LogP contribution in [0.5, 0.6) is 0 Å². The molecule has 0 atom stereocenters. The highest BCUT2D eigenvalue weighted by molar-refractivity contribution is 6.31. The Balaban J connectivity index is 2.53. The number of aromatic nitrogens is 3. The smallest absolute Gasteiger partial charge is 0.191 e. The third kappa shape index (κ3) is 2.28. The van der Waals surface area contributed by atoms with Crippen LogP contribution in [-0.2, 0) is 0 Å². The van der Waals surface area contributed by atoms with Crippen molar-refractivity contribution in [2.75, 3.05) is 11.9 Å². The Bertz CT molecular complexity index is 563. The predicted molar refractivity (Wildman–Crippen MR) is 65.2 cm³/mol. The Morgan fingerprint density at radius 2 is 2.11 bits per heavy atom. The first-order valence-electron chi connectivity index (χ1n) is 5.35. The Labute approximate surface area is 108 Å². The van der Waals surface area contributed by atoms with Crippen LogP contribution in [-0.4, -0.2) is 21.3 Å². The lowest BCUT2D eigenvalue weighted by atomic mass is 10.4. The van der Waals surface area contributed by atoms with Crippen molar-refractivity contribution in [1.29, 1.82) is 0 Å². The van der Waals surface area contributed by atoms with Crippen LogP contribution in [0.25, 0.3) is 5.82 Å². The molecule has 0 bridgehead atoms. The first-order valence-corrected chi connectivity index (χ1v) is 5.72. The van der Waals surface area contributed by atoms with E-state index < -0.39 is 11.6 Å². The van der Waals surface area contributed by atoms with Crippen LogP contribution in [0.1, 0.15) is 12.6 Å². The Morgan fingerprint density at radius 3 is 2.67 bits per heavy atom. The van der Waals surface area contributed by atoms with Gasteiger partial charge in [-0.2, -0.15) is 5.10 Å². The molecule has 2 aromatic rings. The summed E-state index contributed by atoms with van der Waals surface area (Å²) in [6.07, 6.45) is 1.43. The standard InChI is InChI=1S/C11H11ClF2N4/c1-3-15-10-8(13)4-9(14)11(16-10)18-5-7(12)6(2)17-18/h4-5H,3H2,1-2H3,(H,15,16). The lowest BCUT2D eigenvalue weighted by Crippen LogP contribution is -2.08. The summed E-state index contributed by atoms with van der Waals surface area (Å²) in [4.78, 5) is 3.87. The molecule has 0 fully saturated rings. The van der Waals surface area contributed by atoms with Gasteiger partial charge in [0, 0.05) is 12.6 Å². The van der Waals surface area contributed by atoms with E-state index in [-0.39, 0.29) is 11.6 Å². The molecule has 2 aromatic heterocycles. The third-order valence-corrected chi connectivity index (χ3v) is 2.68. The number of aryl methyl sites for hydroxylation is 1. The highest BCUT2D eigenvalue weighted by Gasteiger charge is 2.14. The second-order valence-electron chi connectivity index (χ2n) is 3.66. The van der Waals surface area contributed by atoms with Crippen LogP contribution in [0.2, 0.25) is 5.02 Å². The Kier molecular flexibility index (Phi) is 3.47. The van der Waals surface area contributed by atoms with Crippen molar-refractivity contribution in [3.8, 4) is 5.82 Å². The van der Waals surface area contributed by atoms with Gasteiger partial charge < -0.3 is 5.32 Å². The minimum atomic E-state index is -0.798. The van der Waals surface area contributed by atoms with E-state index in [1.165, 1.54) is 10.9 Å². The molecule has 96 valence electrons. The van der Waals surface area contributed by atoms with Gasteiger partial charge in [0.05, 0.1) is 16.9 Å². The molecule has 0 unspecified atom stereocenters. The van der Waals surface area contributed by atoms with Crippen molar-refractivity contribution in [3.05, 3.63) is 34.6 Å². The topological polar surface area (TPSA) is 42.7 Å². The van der Waals surface area contributed by atoms with Crippen molar-refractivity contribution < 1.29 is 8.78 Å². The van der Waals surface area contributed by atoms with Crippen LogP contribution in [0.15, 0.2) is 12.3 Å². The normalized spacial score (nSPS) is 10.7. The van der Waals surface area contributed by atoms with Gasteiger partial charge >= 0.3 is 0 Å². The number of pyridine rings is 1. The van der Waals surface area contributed by atoms with Crippen LogP contribution >= 0.6 is 11.6 Å². The molecule has 2 heterocycles. The van der Waals surface area contributed by atoms with E-state index in [9.17, 15) is 8.78 Å². The molecule has 0 saturated heterocycles. The lowest BCUT2D eigenvalue weighted by Gasteiger charge is -2.07. The number of hydrogen-bond donors (Lipinski definition) is 1. The molecule has 0 radical (unpaired) electrons. The van der Waals surface area contributed by atoms with Gasteiger partial charge in [-0.15, -0.1) is 0 Å². The third-order valence-electron chi connectivity index (χ3n) is 2.31. The van der Waals surface area contributed by atoms with Crippen molar-refractivity contribution >= 4 is 17.4 Å². The van der Waals surface area contributed by atoms with Gasteiger partial charge in [0.15, 0.2) is 23.3 Å². The zero-order valence-corrected chi connectivity index (χ0v) is 10.6. The molecular formula is C11H11ClF2N4. The van der Waals surface area contributed by atoms with E-state index in [2.05, 4.69) is 15.4 Å². The highest BCUT2D eigenvalue weighted by Crippen LogP contribution is 2.20. The lowest BCUT2D eigenvalue weighted by molar-refractivity contribution is 0.562. The average Bonchev–Trinajstić information content (AvgIpc) is 2.63. The Morgan fingerprint density at radius 1 is 1.39 bits per heavy atom. The number of hydrogen-bond acceptors (Lipinski definition) is 3.